The lowest BCUT2D eigenvalue weighted by Gasteiger charge is -2.19. The summed E-state index contributed by atoms with van der Waals surface area (Å²) in [5, 5.41) is 18.3. The molecule has 0 heterocycles. The molecule has 0 radical (unpaired) electrons. The highest BCUT2D eigenvalue weighted by molar-refractivity contribution is 7.47. The van der Waals surface area contributed by atoms with Gasteiger partial charge in [-0.15, -0.1) is 0 Å². The van der Waals surface area contributed by atoms with Gasteiger partial charge in [0.1, 0.15) is 12.7 Å². The Morgan fingerprint density at radius 2 is 1.07 bits per heavy atom. The second kappa shape index (κ2) is 39.9. The maximum atomic E-state index is 12.5. The van der Waals surface area contributed by atoms with E-state index in [2.05, 4.69) is 48.8 Å². The third kappa shape index (κ3) is 39.7. The molecule has 0 amide bonds. The summed E-state index contributed by atoms with van der Waals surface area (Å²) in [6.07, 6.45) is 44.0. The van der Waals surface area contributed by atoms with Crippen LogP contribution in [0.1, 0.15) is 168 Å². The van der Waals surface area contributed by atoms with Crippen LogP contribution in [0.2, 0.25) is 0 Å². The summed E-state index contributed by atoms with van der Waals surface area (Å²) in [6.45, 7) is 2.18. The second-order valence-electron chi connectivity index (χ2n) is 14.1. The highest BCUT2D eigenvalue weighted by Gasteiger charge is 2.26. The van der Waals surface area contributed by atoms with Crippen LogP contribution >= 0.6 is 7.82 Å². The summed E-state index contributed by atoms with van der Waals surface area (Å²) in [6, 6.07) is 0. The zero-order valence-corrected chi connectivity index (χ0v) is 35.3. The topological polar surface area (TPSA) is 149 Å². The fourth-order valence-electron chi connectivity index (χ4n) is 5.45. The van der Waals surface area contributed by atoms with Crippen molar-refractivity contribution >= 4 is 19.8 Å². The van der Waals surface area contributed by atoms with Gasteiger partial charge in [0, 0.05) is 12.5 Å². The van der Waals surface area contributed by atoms with Crippen LogP contribution in [0.4, 0.5) is 0 Å². The summed E-state index contributed by atoms with van der Waals surface area (Å²) in [7, 11) is -4.65. The van der Waals surface area contributed by atoms with Crippen molar-refractivity contribution in [2.75, 3.05) is 26.4 Å². The zero-order valence-electron chi connectivity index (χ0n) is 34.4. The van der Waals surface area contributed by atoms with E-state index in [0.717, 1.165) is 32.1 Å². The van der Waals surface area contributed by atoms with E-state index >= 15 is 0 Å². The second-order valence-corrected chi connectivity index (χ2v) is 15.5. The first kappa shape index (κ1) is 52.7. The average molecular weight is 797 g/mol. The number of carbonyl (C=O) groups excluding carboxylic acids is 2. The Kier molecular flexibility index (Phi) is 38.2. The van der Waals surface area contributed by atoms with Crippen LogP contribution in [0.25, 0.3) is 0 Å². The molecule has 0 aromatic rings. The Balaban J connectivity index is 4.50. The van der Waals surface area contributed by atoms with Gasteiger partial charge in [0.05, 0.1) is 19.8 Å². The monoisotopic (exact) mass is 797 g/mol. The van der Waals surface area contributed by atoms with Crippen molar-refractivity contribution in [2.24, 2.45) is 0 Å². The summed E-state index contributed by atoms with van der Waals surface area (Å²) >= 11 is 0. The van der Waals surface area contributed by atoms with Crippen molar-refractivity contribution in [3.8, 4) is 0 Å². The third-order valence-electron chi connectivity index (χ3n) is 8.75. The summed E-state index contributed by atoms with van der Waals surface area (Å²) in [5.74, 6) is -1.24. The highest BCUT2D eigenvalue weighted by atomic mass is 31.2. The molecule has 0 aliphatic heterocycles. The fraction of sp³-hybridized carbons (Fsp3) is 0.727. The summed E-state index contributed by atoms with van der Waals surface area (Å²) in [5.41, 5.74) is 0. The number of rotatable bonds is 39. The highest BCUT2D eigenvalue weighted by Crippen LogP contribution is 2.43. The molecule has 3 N–H and O–H groups in total. The van der Waals surface area contributed by atoms with Gasteiger partial charge < -0.3 is 24.6 Å². The van der Waals surface area contributed by atoms with E-state index in [-0.39, 0.29) is 13.0 Å². The minimum atomic E-state index is -4.65. The number of carbonyl (C=O) groups is 2. The van der Waals surface area contributed by atoms with Crippen LogP contribution in [0.5, 0.6) is 0 Å². The number of aliphatic hydroxyl groups excluding tert-OH is 2. The number of allylic oxidation sites excluding steroid dienone is 9. The number of esters is 2. The van der Waals surface area contributed by atoms with Crippen molar-refractivity contribution in [1.82, 2.24) is 0 Å². The Morgan fingerprint density at radius 3 is 1.62 bits per heavy atom. The molecule has 3 atom stereocenters. The molecule has 0 aliphatic carbocycles. The standard InChI is InChI=1S/C44H77O10P/c1-3-5-7-9-11-13-15-17-19-20-22-23-25-27-29-31-33-35-43(47)51-39-42(40-53-55(49,50)52-38-41(46)37-45)54-44(48)36-34-32-30-28-26-24-21-18-16-14-12-10-8-6-4-2/h17,19,22-23,27,29-30,32,34,36,41-42,45-46H,3-16,18,20-21,24-26,28,31,33,35,37-40H2,1-2H3,(H,49,50)/b19-17+,23-22+,29-27+,32-30+,36-34+/t41-,42+/m0/s1. The molecule has 55 heavy (non-hydrogen) atoms. The van der Waals surface area contributed by atoms with Crippen LogP contribution in [0.15, 0.2) is 60.8 Å². The van der Waals surface area contributed by atoms with E-state index in [4.69, 9.17) is 19.1 Å². The van der Waals surface area contributed by atoms with Gasteiger partial charge in [0.2, 0.25) is 0 Å². The minimum absolute atomic E-state index is 0.148. The quantitative estimate of drug-likeness (QED) is 0.0137. The van der Waals surface area contributed by atoms with Crippen molar-refractivity contribution in [2.45, 2.75) is 180 Å². The van der Waals surface area contributed by atoms with E-state index < -0.39 is 51.8 Å². The van der Waals surface area contributed by atoms with E-state index in [1.807, 2.05) is 12.2 Å². The van der Waals surface area contributed by atoms with Crippen LogP contribution in [0, 0.1) is 0 Å². The van der Waals surface area contributed by atoms with Gasteiger partial charge in [0.25, 0.3) is 0 Å². The Bertz CT molecular complexity index is 1100. The Morgan fingerprint density at radius 1 is 0.600 bits per heavy atom. The first-order valence-electron chi connectivity index (χ1n) is 21.3. The van der Waals surface area contributed by atoms with Crippen molar-refractivity contribution in [3.05, 3.63) is 60.8 Å². The summed E-state index contributed by atoms with van der Waals surface area (Å²) in [4.78, 5) is 34.8. The molecule has 0 bridgehead atoms. The van der Waals surface area contributed by atoms with E-state index in [1.54, 1.807) is 12.2 Å². The molecule has 0 rings (SSSR count). The molecule has 0 aromatic carbocycles. The lowest BCUT2D eigenvalue weighted by Crippen LogP contribution is -2.29. The molecule has 10 nitrogen and oxygen atoms in total. The summed E-state index contributed by atoms with van der Waals surface area (Å²) < 4.78 is 32.4. The van der Waals surface area contributed by atoms with Gasteiger partial charge in [-0.3, -0.25) is 13.8 Å². The minimum Gasteiger partial charge on any atom is -0.462 e. The number of ether oxygens (including phenoxy) is 2. The number of hydrogen-bond donors (Lipinski definition) is 3. The number of phosphoric ester groups is 1. The number of unbranched alkanes of at least 4 members (excludes halogenated alkanes) is 18. The van der Waals surface area contributed by atoms with Crippen LogP contribution in [0.3, 0.4) is 0 Å². The molecule has 0 aromatic heterocycles. The maximum Gasteiger partial charge on any atom is 0.472 e. The molecular formula is C44H77O10P. The average Bonchev–Trinajstić information content (AvgIpc) is 3.17. The first-order valence-corrected chi connectivity index (χ1v) is 22.8. The lowest BCUT2D eigenvalue weighted by atomic mass is 10.1. The molecule has 0 saturated carbocycles. The fourth-order valence-corrected chi connectivity index (χ4v) is 6.23. The van der Waals surface area contributed by atoms with Crippen molar-refractivity contribution < 1.29 is 47.8 Å². The van der Waals surface area contributed by atoms with Crippen LogP contribution in [-0.2, 0) is 32.7 Å². The van der Waals surface area contributed by atoms with Gasteiger partial charge >= 0.3 is 19.8 Å². The van der Waals surface area contributed by atoms with E-state index in [9.17, 15) is 24.2 Å². The Labute approximate surface area is 334 Å². The first-order chi connectivity index (χ1) is 26.7. The number of hydrogen-bond acceptors (Lipinski definition) is 9. The number of phosphoric acid groups is 1. The van der Waals surface area contributed by atoms with Gasteiger partial charge in [-0.1, -0.05) is 165 Å². The molecular weight excluding hydrogens is 719 g/mol. The SMILES string of the molecule is CCCCCCCC/C=C/C/C=C/C/C=C/CCCC(=O)OC[C@H](COP(=O)(O)OC[C@@H](O)CO)OC(=O)/C=C/C=C/CCCCCCCCCCCCC. The molecule has 318 valence electrons. The van der Waals surface area contributed by atoms with E-state index in [0.29, 0.717) is 12.8 Å². The van der Waals surface area contributed by atoms with Crippen molar-refractivity contribution in [3.63, 3.8) is 0 Å². The van der Waals surface area contributed by atoms with Gasteiger partial charge in [0.15, 0.2) is 6.10 Å². The largest absolute Gasteiger partial charge is 0.472 e. The smallest absolute Gasteiger partial charge is 0.462 e. The van der Waals surface area contributed by atoms with Crippen LogP contribution < -0.4 is 0 Å². The van der Waals surface area contributed by atoms with Crippen molar-refractivity contribution in [1.29, 1.82) is 0 Å². The predicted molar refractivity (Wildman–Crippen MR) is 224 cm³/mol. The molecule has 0 fully saturated rings. The van der Waals surface area contributed by atoms with Crippen LogP contribution in [-0.4, -0.2) is 65.7 Å². The zero-order chi connectivity index (χ0) is 40.5. The molecule has 0 aliphatic rings. The van der Waals surface area contributed by atoms with E-state index in [1.165, 1.54) is 109 Å². The third-order valence-corrected chi connectivity index (χ3v) is 9.70. The molecule has 1 unspecified atom stereocenters. The van der Waals surface area contributed by atoms with Gasteiger partial charge in [-0.25, -0.2) is 9.36 Å². The van der Waals surface area contributed by atoms with Gasteiger partial charge in [-0.05, 0) is 51.4 Å². The number of aliphatic hydroxyl groups is 2. The predicted octanol–water partition coefficient (Wildman–Crippen LogP) is 11.1. The molecule has 11 heteroatoms. The molecule has 0 spiro atoms. The Hall–Kier alpha value is -2.33. The lowest BCUT2D eigenvalue weighted by molar-refractivity contribution is -0.157. The maximum absolute atomic E-state index is 12.5. The normalized spacial score (nSPS) is 14.5. The molecule has 0 saturated heterocycles. The van der Waals surface area contributed by atoms with Gasteiger partial charge in [-0.2, -0.15) is 0 Å².